The van der Waals surface area contributed by atoms with Gasteiger partial charge in [0.25, 0.3) is 5.91 Å². The second-order valence-corrected chi connectivity index (χ2v) is 4.32. The van der Waals surface area contributed by atoms with E-state index in [2.05, 4.69) is 5.32 Å². The first kappa shape index (κ1) is 13.9. The SMILES string of the molecule is COc1ccc(C)cc1NC(=O)c1ccc(F)cc1O. The van der Waals surface area contributed by atoms with E-state index in [-0.39, 0.29) is 5.56 Å². The number of aryl methyl sites for hydroxylation is 1. The Balaban J connectivity index is 2.30. The Kier molecular flexibility index (Phi) is 3.89. The molecule has 2 N–H and O–H groups in total. The Bertz CT molecular complexity index is 656. The van der Waals surface area contributed by atoms with Crippen LogP contribution in [0.5, 0.6) is 11.5 Å². The molecule has 0 saturated heterocycles. The maximum Gasteiger partial charge on any atom is 0.259 e. The number of hydrogen-bond donors (Lipinski definition) is 2. The summed E-state index contributed by atoms with van der Waals surface area (Å²) in [6.45, 7) is 1.88. The number of phenolic OH excluding ortho intramolecular Hbond substituents is 1. The summed E-state index contributed by atoms with van der Waals surface area (Å²) in [5.74, 6) is -1.04. The predicted molar refractivity (Wildman–Crippen MR) is 73.7 cm³/mol. The number of phenols is 1. The molecule has 104 valence electrons. The van der Waals surface area contributed by atoms with Crippen LogP contribution in [0.3, 0.4) is 0 Å². The van der Waals surface area contributed by atoms with Crippen LogP contribution >= 0.6 is 0 Å². The smallest absolute Gasteiger partial charge is 0.259 e. The number of ether oxygens (including phenoxy) is 1. The van der Waals surface area contributed by atoms with Gasteiger partial charge >= 0.3 is 0 Å². The van der Waals surface area contributed by atoms with Crippen LogP contribution in [0.1, 0.15) is 15.9 Å². The highest BCUT2D eigenvalue weighted by Gasteiger charge is 2.14. The molecule has 2 rings (SSSR count). The van der Waals surface area contributed by atoms with Crippen molar-refractivity contribution >= 4 is 11.6 Å². The van der Waals surface area contributed by atoms with Crippen LogP contribution in [0.25, 0.3) is 0 Å². The Morgan fingerprint density at radius 1 is 1.25 bits per heavy atom. The van der Waals surface area contributed by atoms with E-state index >= 15 is 0 Å². The fraction of sp³-hybridized carbons (Fsp3) is 0.133. The fourth-order valence-corrected chi connectivity index (χ4v) is 1.81. The zero-order valence-corrected chi connectivity index (χ0v) is 11.1. The second kappa shape index (κ2) is 5.61. The summed E-state index contributed by atoms with van der Waals surface area (Å²) in [5.41, 5.74) is 1.43. The summed E-state index contributed by atoms with van der Waals surface area (Å²) < 4.78 is 18.0. The van der Waals surface area contributed by atoms with Crippen LogP contribution in [0.4, 0.5) is 10.1 Å². The third-order valence-electron chi connectivity index (χ3n) is 2.81. The molecule has 0 bridgehead atoms. The first-order chi connectivity index (χ1) is 9.51. The molecule has 0 aliphatic carbocycles. The van der Waals surface area contributed by atoms with Gasteiger partial charge in [-0.2, -0.15) is 0 Å². The van der Waals surface area contributed by atoms with Crippen LogP contribution in [0, 0.1) is 12.7 Å². The molecule has 0 atom stereocenters. The molecular weight excluding hydrogens is 261 g/mol. The Morgan fingerprint density at radius 3 is 2.65 bits per heavy atom. The number of halogens is 1. The summed E-state index contributed by atoms with van der Waals surface area (Å²) in [5, 5.41) is 12.2. The van der Waals surface area contributed by atoms with Crippen LogP contribution in [-0.2, 0) is 0 Å². The molecule has 2 aromatic rings. The molecule has 0 saturated carbocycles. The Hall–Kier alpha value is -2.56. The normalized spacial score (nSPS) is 10.2. The Labute approximate surface area is 115 Å². The summed E-state index contributed by atoms with van der Waals surface area (Å²) >= 11 is 0. The standard InChI is InChI=1S/C15H14FNO3/c1-9-3-6-14(20-2)12(7-9)17-15(19)11-5-4-10(16)8-13(11)18/h3-8,18H,1-2H3,(H,17,19). The van der Waals surface area contributed by atoms with Crippen molar-refractivity contribution in [1.82, 2.24) is 0 Å². The molecule has 5 heteroatoms. The molecule has 0 spiro atoms. The third-order valence-corrected chi connectivity index (χ3v) is 2.81. The zero-order valence-electron chi connectivity index (χ0n) is 11.1. The molecular formula is C15H14FNO3. The van der Waals surface area contributed by atoms with E-state index in [1.165, 1.54) is 13.2 Å². The third kappa shape index (κ3) is 2.88. The molecule has 0 radical (unpaired) electrons. The van der Waals surface area contributed by atoms with E-state index in [0.717, 1.165) is 17.7 Å². The number of carbonyl (C=O) groups excluding carboxylic acids is 1. The van der Waals surface area contributed by atoms with Gasteiger partial charge < -0.3 is 15.2 Å². The first-order valence-corrected chi connectivity index (χ1v) is 5.96. The zero-order chi connectivity index (χ0) is 14.7. The molecule has 0 aliphatic heterocycles. The van der Waals surface area contributed by atoms with Gasteiger partial charge in [0.2, 0.25) is 0 Å². The van der Waals surface area contributed by atoms with Crippen molar-refractivity contribution in [3.8, 4) is 11.5 Å². The second-order valence-electron chi connectivity index (χ2n) is 4.32. The van der Waals surface area contributed by atoms with Crippen molar-refractivity contribution < 1.29 is 19.0 Å². The molecule has 0 heterocycles. The predicted octanol–water partition coefficient (Wildman–Crippen LogP) is 3.10. The maximum absolute atomic E-state index is 12.9. The number of aromatic hydroxyl groups is 1. The monoisotopic (exact) mass is 275 g/mol. The van der Waals surface area contributed by atoms with E-state index in [9.17, 15) is 14.3 Å². The highest BCUT2D eigenvalue weighted by Crippen LogP contribution is 2.27. The fourth-order valence-electron chi connectivity index (χ4n) is 1.81. The summed E-state index contributed by atoms with van der Waals surface area (Å²) in [7, 11) is 1.50. The molecule has 4 nitrogen and oxygen atoms in total. The topological polar surface area (TPSA) is 58.6 Å². The van der Waals surface area contributed by atoms with Crippen molar-refractivity contribution in [2.75, 3.05) is 12.4 Å². The van der Waals surface area contributed by atoms with Crippen LogP contribution in [0.15, 0.2) is 36.4 Å². The number of methoxy groups -OCH3 is 1. The molecule has 20 heavy (non-hydrogen) atoms. The summed E-state index contributed by atoms with van der Waals surface area (Å²) in [6.07, 6.45) is 0. The van der Waals surface area contributed by atoms with E-state index in [0.29, 0.717) is 11.4 Å². The molecule has 0 aliphatic rings. The quantitative estimate of drug-likeness (QED) is 0.905. The number of hydrogen-bond acceptors (Lipinski definition) is 3. The maximum atomic E-state index is 12.9. The van der Waals surface area contributed by atoms with Crippen molar-refractivity contribution in [2.24, 2.45) is 0 Å². The number of benzene rings is 2. The van der Waals surface area contributed by atoms with Crippen molar-refractivity contribution in [3.63, 3.8) is 0 Å². The van der Waals surface area contributed by atoms with Crippen molar-refractivity contribution in [3.05, 3.63) is 53.3 Å². The first-order valence-electron chi connectivity index (χ1n) is 5.96. The average Bonchev–Trinajstić information content (AvgIpc) is 2.38. The highest BCUT2D eigenvalue weighted by molar-refractivity contribution is 6.06. The number of nitrogens with one attached hydrogen (secondary N) is 1. The minimum absolute atomic E-state index is 0.00467. The number of anilines is 1. The molecule has 0 fully saturated rings. The lowest BCUT2D eigenvalue weighted by Crippen LogP contribution is -2.13. The molecule has 1 amide bonds. The van der Waals surface area contributed by atoms with E-state index in [4.69, 9.17) is 4.74 Å². The lowest BCUT2D eigenvalue weighted by molar-refractivity contribution is 0.102. The minimum Gasteiger partial charge on any atom is -0.507 e. The van der Waals surface area contributed by atoms with E-state index < -0.39 is 17.5 Å². The van der Waals surface area contributed by atoms with Crippen molar-refractivity contribution in [1.29, 1.82) is 0 Å². The molecule has 0 unspecified atom stereocenters. The van der Waals surface area contributed by atoms with E-state index in [1.54, 1.807) is 12.1 Å². The van der Waals surface area contributed by atoms with E-state index in [1.807, 2.05) is 13.0 Å². The van der Waals surface area contributed by atoms with Crippen LogP contribution in [0.2, 0.25) is 0 Å². The minimum atomic E-state index is -0.604. The molecule has 2 aromatic carbocycles. The highest BCUT2D eigenvalue weighted by atomic mass is 19.1. The van der Waals surface area contributed by atoms with Gasteiger partial charge in [-0.1, -0.05) is 6.07 Å². The van der Waals surface area contributed by atoms with Gasteiger partial charge in [-0.05, 0) is 36.8 Å². The lowest BCUT2D eigenvalue weighted by atomic mass is 10.1. The van der Waals surface area contributed by atoms with Gasteiger partial charge in [-0.15, -0.1) is 0 Å². The average molecular weight is 275 g/mol. The number of carbonyl (C=O) groups is 1. The number of rotatable bonds is 3. The van der Waals surface area contributed by atoms with Crippen LogP contribution in [-0.4, -0.2) is 18.1 Å². The van der Waals surface area contributed by atoms with Gasteiger partial charge in [0, 0.05) is 6.07 Å². The van der Waals surface area contributed by atoms with Crippen molar-refractivity contribution in [2.45, 2.75) is 6.92 Å². The lowest BCUT2D eigenvalue weighted by Gasteiger charge is -2.11. The Morgan fingerprint density at radius 2 is 2.00 bits per heavy atom. The van der Waals surface area contributed by atoms with Gasteiger partial charge in [0.05, 0.1) is 18.4 Å². The van der Waals surface area contributed by atoms with Gasteiger partial charge in [-0.25, -0.2) is 4.39 Å². The molecule has 0 aromatic heterocycles. The van der Waals surface area contributed by atoms with Gasteiger partial charge in [0.15, 0.2) is 0 Å². The largest absolute Gasteiger partial charge is 0.507 e. The summed E-state index contributed by atoms with van der Waals surface area (Å²) in [6, 6.07) is 8.56. The van der Waals surface area contributed by atoms with Gasteiger partial charge in [0.1, 0.15) is 17.3 Å². The summed E-state index contributed by atoms with van der Waals surface area (Å²) in [4.78, 5) is 12.1. The number of amides is 1. The van der Waals surface area contributed by atoms with Gasteiger partial charge in [-0.3, -0.25) is 4.79 Å². The van der Waals surface area contributed by atoms with Crippen LogP contribution < -0.4 is 10.1 Å².